The summed E-state index contributed by atoms with van der Waals surface area (Å²) in [5, 5.41) is 23.4. The zero-order chi connectivity index (χ0) is 26.4. The molecule has 0 bridgehead atoms. The van der Waals surface area contributed by atoms with Crippen molar-refractivity contribution in [2.24, 2.45) is 5.41 Å². The lowest BCUT2D eigenvalue weighted by Crippen LogP contribution is -2.25. The fraction of sp³-hybridized carbons (Fsp3) is 0.241. The molecule has 38 heavy (non-hydrogen) atoms. The number of aliphatic hydroxyl groups is 1. The average molecular weight is 507 g/mol. The Balaban J connectivity index is 1.36. The van der Waals surface area contributed by atoms with Crippen LogP contribution in [0.2, 0.25) is 0 Å². The van der Waals surface area contributed by atoms with Crippen LogP contribution in [-0.2, 0) is 0 Å². The van der Waals surface area contributed by atoms with Gasteiger partial charge >= 0.3 is 0 Å². The van der Waals surface area contributed by atoms with E-state index in [0.29, 0.717) is 6.42 Å². The van der Waals surface area contributed by atoms with Crippen molar-refractivity contribution in [3.63, 3.8) is 0 Å². The van der Waals surface area contributed by atoms with Crippen molar-refractivity contribution in [2.45, 2.75) is 40.3 Å². The highest BCUT2D eigenvalue weighted by atomic mass is 16.3. The van der Waals surface area contributed by atoms with Gasteiger partial charge in [-0.2, -0.15) is 5.10 Å². The fourth-order valence-corrected chi connectivity index (χ4v) is 4.81. The SMILES string of the molecule is Cc1cn(-c2cccc3[nH]c(-c4n[nH]c5cnc(-c6cncc(NC(O)CC(C)(C)C)c6)cc45)cc23)cn1. The molecule has 0 radical (unpaired) electrons. The number of aryl methyl sites for hydroxylation is 1. The largest absolute Gasteiger partial charge is 0.374 e. The Bertz CT molecular complexity index is 1750. The third kappa shape index (κ3) is 4.64. The molecule has 6 aromatic rings. The molecular weight excluding hydrogens is 476 g/mol. The van der Waals surface area contributed by atoms with Gasteiger partial charge < -0.3 is 20.0 Å². The Hall–Kier alpha value is -4.50. The number of fused-ring (bicyclic) bond motifs is 2. The lowest BCUT2D eigenvalue weighted by molar-refractivity contribution is 0.145. The molecule has 5 aromatic heterocycles. The highest BCUT2D eigenvalue weighted by Gasteiger charge is 2.18. The zero-order valence-corrected chi connectivity index (χ0v) is 21.8. The number of aromatic amines is 2. The van der Waals surface area contributed by atoms with Crippen LogP contribution in [-0.4, -0.2) is 46.0 Å². The van der Waals surface area contributed by atoms with E-state index in [-0.39, 0.29) is 5.41 Å². The second kappa shape index (κ2) is 9.11. The number of nitrogens with one attached hydrogen (secondary N) is 3. The Morgan fingerprint density at radius 1 is 1.03 bits per heavy atom. The number of H-pyrrole nitrogens is 2. The molecular formula is C29H30N8O. The van der Waals surface area contributed by atoms with Crippen LogP contribution in [0.25, 0.3) is 50.1 Å². The summed E-state index contributed by atoms with van der Waals surface area (Å²) in [7, 11) is 0. The molecule has 192 valence electrons. The van der Waals surface area contributed by atoms with Crippen LogP contribution in [0.5, 0.6) is 0 Å². The normalized spacial score (nSPS) is 12.9. The van der Waals surface area contributed by atoms with E-state index in [1.165, 1.54) is 0 Å². The first-order valence-electron chi connectivity index (χ1n) is 12.6. The number of imidazole rings is 1. The van der Waals surface area contributed by atoms with E-state index in [2.05, 4.69) is 74.4 Å². The first-order chi connectivity index (χ1) is 18.2. The smallest absolute Gasteiger partial charge is 0.125 e. The minimum atomic E-state index is -0.666. The Morgan fingerprint density at radius 3 is 2.68 bits per heavy atom. The standard InChI is InChI=1S/C29H30N8O/c1-17-15-37(16-32-17)26-7-5-6-22-20(26)9-24(34-22)28-21-10-23(31-14-25(21)35-36-28)18-8-19(13-30-12-18)33-27(38)11-29(2,3)4/h5-10,12-16,27,33-34,38H,11H2,1-4H3,(H,35,36). The van der Waals surface area contributed by atoms with Crippen molar-refractivity contribution in [3.8, 4) is 28.3 Å². The van der Waals surface area contributed by atoms with Crippen LogP contribution in [0.4, 0.5) is 5.69 Å². The van der Waals surface area contributed by atoms with Crippen molar-refractivity contribution in [1.82, 2.24) is 34.7 Å². The number of hydrogen-bond donors (Lipinski definition) is 4. The zero-order valence-electron chi connectivity index (χ0n) is 21.8. The van der Waals surface area contributed by atoms with Crippen LogP contribution in [0.3, 0.4) is 0 Å². The maximum Gasteiger partial charge on any atom is 0.125 e. The third-order valence-electron chi connectivity index (χ3n) is 6.51. The van der Waals surface area contributed by atoms with E-state index in [1.807, 2.05) is 42.2 Å². The number of hydrogen-bond acceptors (Lipinski definition) is 6. The van der Waals surface area contributed by atoms with Crippen molar-refractivity contribution in [1.29, 1.82) is 0 Å². The molecule has 0 aliphatic carbocycles. The second-order valence-electron chi connectivity index (χ2n) is 10.9. The van der Waals surface area contributed by atoms with Crippen LogP contribution in [0, 0.1) is 12.3 Å². The van der Waals surface area contributed by atoms with Gasteiger partial charge in [0.05, 0.1) is 52.7 Å². The van der Waals surface area contributed by atoms with Gasteiger partial charge in [0, 0.05) is 34.2 Å². The molecule has 0 fully saturated rings. The second-order valence-corrected chi connectivity index (χ2v) is 10.9. The van der Waals surface area contributed by atoms with Crippen LogP contribution in [0.1, 0.15) is 32.9 Å². The van der Waals surface area contributed by atoms with Crippen molar-refractivity contribution in [3.05, 3.63) is 73.2 Å². The highest BCUT2D eigenvalue weighted by Crippen LogP contribution is 2.33. The maximum atomic E-state index is 10.5. The molecule has 9 nitrogen and oxygen atoms in total. The molecule has 4 N–H and O–H groups in total. The van der Waals surface area contributed by atoms with Gasteiger partial charge in [0.2, 0.25) is 0 Å². The molecule has 0 spiro atoms. The molecule has 0 amide bonds. The molecule has 0 saturated heterocycles. The minimum Gasteiger partial charge on any atom is -0.374 e. The maximum absolute atomic E-state index is 10.5. The minimum absolute atomic E-state index is 0.00280. The number of aliphatic hydroxyl groups excluding tert-OH is 1. The predicted molar refractivity (Wildman–Crippen MR) is 150 cm³/mol. The number of aromatic nitrogens is 7. The van der Waals surface area contributed by atoms with Gasteiger partial charge in [0.1, 0.15) is 11.9 Å². The van der Waals surface area contributed by atoms with Gasteiger partial charge in [0.15, 0.2) is 0 Å². The fourth-order valence-electron chi connectivity index (χ4n) is 4.81. The van der Waals surface area contributed by atoms with Gasteiger partial charge in [-0.3, -0.25) is 15.1 Å². The molecule has 0 aliphatic rings. The number of pyridine rings is 2. The summed E-state index contributed by atoms with van der Waals surface area (Å²) in [5.74, 6) is 0. The molecule has 0 saturated carbocycles. The van der Waals surface area contributed by atoms with Gasteiger partial charge in [-0.25, -0.2) is 4.98 Å². The molecule has 6 rings (SSSR count). The third-order valence-corrected chi connectivity index (χ3v) is 6.51. The van der Waals surface area contributed by atoms with Gasteiger partial charge in [0.25, 0.3) is 0 Å². The molecule has 1 aromatic carbocycles. The van der Waals surface area contributed by atoms with Gasteiger partial charge in [-0.15, -0.1) is 0 Å². The van der Waals surface area contributed by atoms with E-state index in [0.717, 1.165) is 61.5 Å². The molecule has 1 atom stereocenters. The monoisotopic (exact) mass is 506 g/mol. The number of benzene rings is 1. The van der Waals surface area contributed by atoms with Crippen LogP contribution >= 0.6 is 0 Å². The van der Waals surface area contributed by atoms with E-state index in [1.54, 1.807) is 18.6 Å². The van der Waals surface area contributed by atoms with E-state index in [9.17, 15) is 5.11 Å². The average Bonchev–Trinajstić information content (AvgIpc) is 3.60. The van der Waals surface area contributed by atoms with E-state index in [4.69, 9.17) is 0 Å². The number of anilines is 1. The van der Waals surface area contributed by atoms with Crippen molar-refractivity contribution in [2.75, 3.05) is 5.32 Å². The van der Waals surface area contributed by atoms with Crippen LogP contribution < -0.4 is 5.32 Å². The molecule has 9 heteroatoms. The lowest BCUT2D eigenvalue weighted by Gasteiger charge is -2.23. The number of nitrogens with zero attached hydrogens (tertiary/aromatic N) is 5. The van der Waals surface area contributed by atoms with E-state index < -0.39 is 6.23 Å². The summed E-state index contributed by atoms with van der Waals surface area (Å²) < 4.78 is 2.03. The molecule has 1 unspecified atom stereocenters. The number of rotatable bonds is 6. The van der Waals surface area contributed by atoms with Gasteiger partial charge in [-0.1, -0.05) is 26.8 Å². The van der Waals surface area contributed by atoms with E-state index >= 15 is 0 Å². The van der Waals surface area contributed by atoms with Crippen molar-refractivity contribution < 1.29 is 5.11 Å². The van der Waals surface area contributed by atoms with Crippen molar-refractivity contribution >= 4 is 27.5 Å². The van der Waals surface area contributed by atoms with Gasteiger partial charge in [-0.05, 0) is 49.1 Å². The quantitative estimate of drug-likeness (QED) is 0.211. The lowest BCUT2D eigenvalue weighted by atomic mass is 9.91. The topological polar surface area (TPSA) is 120 Å². The highest BCUT2D eigenvalue weighted by molar-refractivity contribution is 5.98. The summed E-state index contributed by atoms with van der Waals surface area (Å²) in [6.07, 6.45) is 9.07. The first-order valence-corrected chi connectivity index (χ1v) is 12.6. The first kappa shape index (κ1) is 23.9. The molecule has 5 heterocycles. The van der Waals surface area contributed by atoms with Crippen LogP contribution in [0.15, 0.2) is 67.5 Å². The predicted octanol–water partition coefficient (Wildman–Crippen LogP) is 5.83. The summed E-state index contributed by atoms with van der Waals surface area (Å²) in [5.41, 5.74) is 7.97. The Kier molecular flexibility index (Phi) is 5.72. The summed E-state index contributed by atoms with van der Waals surface area (Å²) in [6, 6.07) is 12.3. The summed E-state index contributed by atoms with van der Waals surface area (Å²) in [6.45, 7) is 8.28. The Labute approximate surface area is 220 Å². The summed E-state index contributed by atoms with van der Waals surface area (Å²) in [4.78, 5) is 16.9. The molecule has 0 aliphatic heterocycles. The summed E-state index contributed by atoms with van der Waals surface area (Å²) >= 11 is 0. The Morgan fingerprint density at radius 2 is 1.89 bits per heavy atom.